The van der Waals surface area contributed by atoms with Gasteiger partial charge in [-0.3, -0.25) is 10.1 Å². The standard InChI is InChI=1S/C11H14N2O5S/c1-18-9-2-3-11(13(14)15)10(6-9)12-8-4-5-19(16,17)7-8/h2-3,6,8,12H,4-5,7H2,1H3. The van der Waals surface area contributed by atoms with E-state index < -0.39 is 14.8 Å². The van der Waals surface area contributed by atoms with Crippen LogP contribution in [0.25, 0.3) is 0 Å². The van der Waals surface area contributed by atoms with Crippen LogP contribution in [0.4, 0.5) is 11.4 Å². The largest absolute Gasteiger partial charge is 0.497 e. The first-order chi connectivity index (χ1) is 8.91. The Morgan fingerprint density at radius 2 is 2.21 bits per heavy atom. The van der Waals surface area contributed by atoms with Gasteiger partial charge in [-0.25, -0.2) is 8.42 Å². The number of methoxy groups -OCH3 is 1. The van der Waals surface area contributed by atoms with Gasteiger partial charge in [0.05, 0.1) is 23.5 Å². The van der Waals surface area contributed by atoms with Gasteiger partial charge in [0.2, 0.25) is 0 Å². The molecule has 1 aliphatic heterocycles. The predicted octanol–water partition coefficient (Wildman–Crippen LogP) is 1.20. The second kappa shape index (κ2) is 5.04. The maximum atomic E-state index is 11.4. The average Bonchev–Trinajstić information content (AvgIpc) is 2.68. The molecule has 1 aromatic carbocycles. The highest BCUT2D eigenvalue weighted by Gasteiger charge is 2.29. The topological polar surface area (TPSA) is 98.5 Å². The first-order valence-corrected chi connectivity index (χ1v) is 7.53. The normalized spacial score (nSPS) is 21.0. The summed E-state index contributed by atoms with van der Waals surface area (Å²) in [6.07, 6.45) is 0.455. The number of hydrogen-bond donors (Lipinski definition) is 1. The van der Waals surface area contributed by atoms with E-state index in [9.17, 15) is 18.5 Å². The molecule has 0 saturated carbocycles. The number of hydrogen-bond acceptors (Lipinski definition) is 6. The van der Waals surface area contributed by atoms with E-state index in [1.807, 2.05) is 0 Å². The molecule has 0 aliphatic carbocycles. The zero-order valence-electron chi connectivity index (χ0n) is 10.3. The van der Waals surface area contributed by atoms with Crippen LogP contribution in [0.1, 0.15) is 6.42 Å². The summed E-state index contributed by atoms with van der Waals surface area (Å²) in [7, 11) is -1.56. The van der Waals surface area contributed by atoms with Crippen LogP contribution in [0, 0.1) is 10.1 Å². The van der Waals surface area contributed by atoms with Gasteiger partial charge in [-0.1, -0.05) is 0 Å². The number of ether oxygens (including phenoxy) is 1. The molecule has 104 valence electrons. The minimum atomic E-state index is -3.03. The Hall–Kier alpha value is -1.83. The van der Waals surface area contributed by atoms with Crippen molar-refractivity contribution in [3.8, 4) is 5.75 Å². The fraction of sp³-hybridized carbons (Fsp3) is 0.455. The van der Waals surface area contributed by atoms with E-state index in [4.69, 9.17) is 4.74 Å². The lowest BCUT2D eigenvalue weighted by atomic mass is 10.2. The van der Waals surface area contributed by atoms with Gasteiger partial charge in [0, 0.05) is 18.2 Å². The Kier molecular flexibility index (Phi) is 3.61. The summed E-state index contributed by atoms with van der Waals surface area (Å²) in [4.78, 5) is 10.4. The molecule has 7 nitrogen and oxygen atoms in total. The molecule has 0 aromatic heterocycles. The quantitative estimate of drug-likeness (QED) is 0.659. The molecule has 0 amide bonds. The Balaban J connectivity index is 2.25. The van der Waals surface area contributed by atoms with Crippen LogP contribution < -0.4 is 10.1 Å². The second-order valence-electron chi connectivity index (χ2n) is 4.38. The fourth-order valence-corrected chi connectivity index (χ4v) is 3.72. The lowest BCUT2D eigenvalue weighted by Crippen LogP contribution is -2.21. The van der Waals surface area contributed by atoms with Gasteiger partial charge in [-0.2, -0.15) is 0 Å². The molecule has 1 unspecified atom stereocenters. The highest BCUT2D eigenvalue weighted by atomic mass is 32.2. The van der Waals surface area contributed by atoms with E-state index in [1.165, 1.54) is 25.3 Å². The van der Waals surface area contributed by atoms with Crippen molar-refractivity contribution in [3.63, 3.8) is 0 Å². The van der Waals surface area contributed by atoms with Crippen molar-refractivity contribution in [1.82, 2.24) is 0 Å². The van der Waals surface area contributed by atoms with E-state index in [2.05, 4.69) is 5.32 Å². The molecule has 1 fully saturated rings. The van der Waals surface area contributed by atoms with Crippen molar-refractivity contribution >= 4 is 21.2 Å². The molecular weight excluding hydrogens is 272 g/mol. The van der Waals surface area contributed by atoms with Crippen LogP contribution in [-0.2, 0) is 9.84 Å². The van der Waals surface area contributed by atoms with E-state index in [0.717, 1.165) is 0 Å². The molecule has 19 heavy (non-hydrogen) atoms. The summed E-state index contributed by atoms with van der Waals surface area (Å²) in [5, 5.41) is 13.8. The smallest absolute Gasteiger partial charge is 0.292 e. The van der Waals surface area contributed by atoms with Crippen LogP contribution in [0.15, 0.2) is 18.2 Å². The number of nitro groups is 1. The summed E-state index contributed by atoms with van der Waals surface area (Å²) >= 11 is 0. The van der Waals surface area contributed by atoms with Gasteiger partial charge in [-0.05, 0) is 12.5 Å². The summed E-state index contributed by atoms with van der Waals surface area (Å²) in [5.41, 5.74) is 0.191. The van der Waals surface area contributed by atoms with Crippen molar-refractivity contribution in [2.45, 2.75) is 12.5 Å². The maximum Gasteiger partial charge on any atom is 0.292 e. The fourth-order valence-electron chi connectivity index (χ4n) is 2.05. The molecular formula is C11H14N2O5S. The van der Waals surface area contributed by atoms with E-state index >= 15 is 0 Å². The number of rotatable bonds is 4. The second-order valence-corrected chi connectivity index (χ2v) is 6.61. The van der Waals surface area contributed by atoms with Crippen LogP contribution >= 0.6 is 0 Å². The van der Waals surface area contributed by atoms with Crippen LogP contribution in [0.5, 0.6) is 5.75 Å². The molecule has 1 aromatic rings. The molecule has 1 saturated heterocycles. The first kappa shape index (κ1) is 13.6. The number of nitro benzene ring substituents is 1. The molecule has 1 heterocycles. The minimum absolute atomic E-state index is 0.00135. The average molecular weight is 286 g/mol. The molecule has 1 N–H and O–H groups in total. The maximum absolute atomic E-state index is 11.4. The van der Waals surface area contributed by atoms with Gasteiger partial charge >= 0.3 is 0 Å². The Labute approximate surface area is 110 Å². The van der Waals surface area contributed by atoms with Gasteiger partial charge in [0.25, 0.3) is 5.69 Å². The van der Waals surface area contributed by atoms with Crippen molar-refractivity contribution < 1.29 is 18.1 Å². The van der Waals surface area contributed by atoms with Gasteiger partial charge in [0.15, 0.2) is 9.84 Å². The Morgan fingerprint density at radius 3 is 2.74 bits per heavy atom. The number of benzene rings is 1. The third-order valence-electron chi connectivity index (χ3n) is 2.99. The summed E-state index contributed by atoms with van der Waals surface area (Å²) < 4.78 is 27.8. The molecule has 8 heteroatoms. The van der Waals surface area contributed by atoms with Crippen molar-refractivity contribution in [3.05, 3.63) is 28.3 Å². The molecule has 0 spiro atoms. The molecule has 0 radical (unpaired) electrons. The SMILES string of the molecule is COc1ccc([N+](=O)[O-])c(NC2CCS(=O)(=O)C2)c1. The molecule has 1 atom stereocenters. The molecule has 0 bridgehead atoms. The monoisotopic (exact) mass is 286 g/mol. The predicted molar refractivity (Wildman–Crippen MR) is 70.3 cm³/mol. The zero-order valence-corrected chi connectivity index (χ0v) is 11.1. The summed E-state index contributed by atoms with van der Waals surface area (Å²) in [5.74, 6) is 0.595. The van der Waals surface area contributed by atoms with Crippen LogP contribution in [0.2, 0.25) is 0 Å². The minimum Gasteiger partial charge on any atom is -0.497 e. The number of nitrogens with one attached hydrogen (secondary N) is 1. The van der Waals surface area contributed by atoms with Gasteiger partial charge in [-0.15, -0.1) is 0 Å². The molecule has 2 rings (SSSR count). The van der Waals surface area contributed by atoms with Gasteiger partial charge in [0.1, 0.15) is 11.4 Å². The highest BCUT2D eigenvalue weighted by Crippen LogP contribution is 2.30. The first-order valence-electron chi connectivity index (χ1n) is 5.71. The van der Waals surface area contributed by atoms with Crippen LogP contribution in [0.3, 0.4) is 0 Å². The van der Waals surface area contributed by atoms with E-state index in [-0.39, 0.29) is 28.9 Å². The third-order valence-corrected chi connectivity index (χ3v) is 4.76. The van der Waals surface area contributed by atoms with Crippen molar-refractivity contribution in [2.75, 3.05) is 23.9 Å². The third kappa shape index (κ3) is 3.14. The number of nitrogens with zero attached hydrogens (tertiary/aromatic N) is 1. The summed E-state index contributed by atoms with van der Waals surface area (Å²) in [6, 6.07) is 4.04. The zero-order chi connectivity index (χ0) is 14.0. The lowest BCUT2D eigenvalue weighted by Gasteiger charge is -2.13. The van der Waals surface area contributed by atoms with Crippen LogP contribution in [-0.4, -0.2) is 38.0 Å². The summed E-state index contributed by atoms with van der Waals surface area (Å²) in [6.45, 7) is 0. The number of anilines is 1. The molecule has 1 aliphatic rings. The van der Waals surface area contributed by atoms with E-state index in [0.29, 0.717) is 12.2 Å². The van der Waals surface area contributed by atoms with E-state index in [1.54, 1.807) is 0 Å². The van der Waals surface area contributed by atoms with Gasteiger partial charge < -0.3 is 10.1 Å². The van der Waals surface area contributed by atoms with Crippen molar-refractivity contribution in [1.29, 1.82) is 0 Å². The highest BCUT2D eigenvalue weighted by molar-refractivity contribution is 7.91. The number of sulfone groups is 1. The van der Waals surface area contributed by atoms with Crippen molar-refractivity contribution in [2.24, 2.45) is 0 Å². The lowest BCUT2D eigenvalue weighted by molar-refractivity contribution is -0.384. The Morgan fingerprint density at radius 1 is 1.47 bits per heavy atom. The Bertz CT molecular complexity index is 599.